The Balaban J connectivity index is 2.23. The van der Waals surface area contributed by atoms with Crippen molar-refractivity contribution in [1.29, 1.82) is 0 Å². The van der Waals surface area contributed by atoms with Crippen molar-refractivity contribution in [2.24, 2.45) is 0 Å². The Morgan fingerprint density at radius 1 is 1.47 bits per heavy atom. The number of fused-ring (bicyclic) bond motifs is 1. The van der Waals surface area contributed by atoms with Gasteiger partial charge in [0, 0.05) is 18.1 Å². The number of unbranched alkanes of at least 4 members (excludes halogenated alkanes) is 1. The molecule has 1 aromatic carbocycles. The van der Waals surface area contributed by atoms with Gasteiger partial charge < -0.3 is 9.47 Å². The fraction of sp³-hybridized carbons (Fsp3) is 0.571. The first-order valence-electron chi connectivity index (χ1n) is 6.13. The molecule has 0 saturated heterocycles. The van der Waals surface area contributed by atoms with Crippen molar-refractivity contribution in [3.05, 3.63) is 22.7 Å². The van der Waals surface area contributed by atoms with Crippen molar-refractivity contribution >= 4 is 11.6 Å². The summed E-state index contributed by atoms with van der Waals surface area (Å²) in [5, 5.41) is 0.652. The predicted molar refractivity (Wildman–Crippen MR) is 70.3 cm³/mol. The third-order valence-corrected chi connectivity index (χ3v) is 3.58. The zero-order valence-electron chi connectivity index (χ0n) is 10.7. The summed E-state index contributed by atoms with van der Waals surface area (Å²) in [7, 11) is 1.66. The van der Waals surface area contributed by atoms with Crippen LogP contribution in [0, 0.1) is 0 Å². The Bertz CT molecular complexity index is 417. The lowest BCUT2D eigenvalue weighted by Gasteiger charge is -2.23. The van der Waals surface area contributed by atoms with Crippen LogP contribution < -0.4 is 9.47 Å². The summed E-state index contributed by atoms with van der Waals surface area (Å²) in [5.74, 6) is 1.64. The molecule has 0 radical (unpaired) electrons. The van der Waals surface area contributed by atoms with E-state index in [2.05, 4.69) is 13.8 Å². The molecule has 0 saturated carbocycles. The number of benzene rings is 1. The molecule has 3 heteroatoms. The Morgan fingerprint density at radius 3 is 2.88 bits per heavy atom. The van der Waals surface area contributed by atoms with Gasteiger partial charge in [0.25, 0.3) is 0 Å². The maximum atomic E-state index is 6.21. The molecule has 1 heterocycles. The molecule has 17 heavy (non-hydrogen) atoms. The molecule has 1 aliphatic heterocycles. The van der Waals surface area contributed by atoms with E-state index < -0.39 is 0 Å². The zero-order valence-corrected chi connectivity index (χ0v) is 11.4. The minimum atomic E-state index is -0.103. The smallest absolute Gasteiger partial charge is 0.142 e. The van der Waals surface area contributed by atoms with E-state index in [0.717, 1.165) is 29.9 Å². The molecule has 1 aromatic rings. The molecule has 2 nitrogen and oxygen atoms in total. The first kappa shape index (κ1) is 12.6. The van der Waals surface area contributed by atoms with E-state index in [1.165, 1.54) is 12.8 Å². The maximum absolute atomic E-state index is 6.21. The largest absolute Gasteiger partial charge is 0.497 e. The molecule has 94 valence electrons. The predicted octanol–water partition coefficient (Wildman–Crippen LogP) is 4.23. The van der Waals surface area contributed by atoms with Crippen molar-refractivity contribution < 1.29 is 9.47 Å². The van der Waals surface area contributed by atoms with Crippen LogP contribution in [0.3, 0.4) is 0 Å². The van der Waals surface area contributed by atoms with Gasteiger partial charge in [-0.1, -0.05) is 24.9 Å². The van der Waals surface area contributed by atoms with Gasteiger partial charge in [0.1, 0.15) is 17.1 Å². The van der Waals surface area contributed by atoms with E-state index in [9.17, 15) is 0 Å². The van der Waals surface area contributed by atoms with Crippen LogP contribution in [0.25, 0.3) is 0 Å². The minimum Gasteiger partial charge on any atom is -0.497 e. The highest BCUT2D eigenvalue weighted by Crippen LogP contribution is 2.44. The van der Waals surface area contributed by atoms with Gasteiger partial charge in [0.2, 0.25) is 0 Å². The number of rotatable bonds is 4. The Kier molecular flexibility index (Phi) is 3.53. The van der Waals surface area contributed by atoms with Crippen LogP contribution >= 0.6 is 11.6 Å². The number of halogens is 1. The van der Waals surface area contributed by atoms with Gasteiger partial charge in [0.15, 0.2) is 0 Å². The van der Waals surface area contributed by atoms with E-state index >= 15 is 0 Å². The topological polar surface area (TPSA) is 18.5 Å². The molecule has 0 amide bonds. The summed E-state index contributed by atoms with van der Waals surface area (Å²) in [4.78, 5) is 0. The van der Waals surface area contributed by atoms with Gasteiger partial charge in [-0.2, -0.15) is 0 Å². The zero-order chi connectivity index (χ0) is 12.5. The molecule has 0 aliphatic carbocycles. The summed E-state index contributed by atoms with van der Waals surface area (Å²) >= 11 is 6.21. The highest BCUT2D eigenvalue weighted by Gasteiger charge is 2.35. The fourth-order valence-corrected chi connectivity index (χ4v) is 2.63. The van der Waals surface area contributed by atoms with Gasteiger partial charge in [-0.05, 0) is 25.8 Å². The number of methoxy groups -OCH3 is 1. The first-order chi connectivity index (χ1) is 8.08. The summed E-state index contributed by atoms with van der Waals surface area (Å²) in [5.41, 5.74) is 1.06. The number of ether oxygens (including phenoxy) is 2. The molecule has 1 aliphatic rings. The van der Waals surface area contributed by atoms with Crippen LogP contribution in [0.5, 0.6) is 11.5 Å². The number of hydrogen-bond acceptors (Lipinski definition) is 2. The molecule has 0 fully saturated rings. The third-order valence-electron chi connectivity index (χ3n) is 3.30. The van der Waals surface area contributed by atoms with Crippen LogP contribution in [0.4, 0.5) is 0 Å². The SMILES string of the molecule is CCCCC1(C)Cc2cc(OC)cc(Cl)c2O1. The normalized spacial score (nSPS) is 22.1. The molecule has 0 spiro atoms. The van der Waals surface area contributed by atoms with Crippen molar-refractivity contribution in [3.63, 3.8) is 0 Å². The number of hydrogen-bond donors (Lipinski definition) is 0. The Morgan fingerprint density at radius 2 is 2.24 bits per heavy atom. The van der Waals surface area contributed by atoms with Gasteiger partial charge in [-0.15, -0.1) is 0 Å². The van der Waals surface area contributed by atoms with Crippen molar-refractivity contribution in [3.8, 4) is 11.5 Å². The van der Waals surface area contributed by atoms with Gasteiger partial charge >= 0.3 is 0 Å². The summed E-state index contributed by atoms with van der Waals surface area (Å²) in [6, 6.07) is 3.84. The van der Waals surface area contributed by atoms with Crippen molar-refractivity contribution in [2.75, 3.05) is 7.11 Å². The Labute approximate surface area is 108 Å². The molecular weight excluding hydrogens is 236 g/mol. The second kappa shape index (κ2) is 4.77. The molecule has 0 N–H and O–H groups in total. The lowest BCUT2D eigenvalue weighted by atomic mass is 9.93. The molecule has 1 unspecified atom stereocenters. The second-order valence-corrected chi connectivity index (χ2v) is 5.34. The third kappa shape index (κ3) is 2.52. The van der Waals surface area contributed by atoms with Crippen molar-refractivity contribution in [1.82, 2.24) is 0 Å². The monoisotopic (exact) mass is 254 g/mol. The van der Waals surface area contributed by atoms with E-state index in [1.807, 2.05) is 12.1 Å². The molecule has 2 rings (SSSR count). The second-order valence-electron chi connectivity index (χ2n) is 4.93. The summed E-state index contributed by atoms with van der Waals surface area (Å²) in [6.45, 7) is 4.35. The van der Waals surface area contributed by atoms with E-state index in [-0.39, 0.29) is 5.60 Å². The molecule has 0 bridgehead atoms. The van der Waals surface area contributed by atoms with Gasteiger partial charge in [-0.3, -0.25) is 0 Å². The Hall–Kier alpha value is -0.890. The van der Waals surface area contributed by atoms with Crippen LogP contribution in [-0.2, 0) is 6.42 Å². The average Bonchev–Trinajstić information content (AvgIpc) is 2.64. The van der Waals surface area contributed by atoms with Crippen LogP contribution in [-0.4, -0.2) is 12.7 Å². The highest BCUT2D eigenvalue weighted by molar-refractivity contribution is 6.32. The molecular formula is C14H19ClO2. The fourth-order valence-electron chi connectivity index (χ4n) is 2.36. The molecule has 1 atom stereocenters. The average molecular weight is 255 g/mol. The van der Waals surface area contributed by atoms with E-state index in [1.54, 1.807) is 7.11 Å². The van der Waals surface area contributed by atoms with Crippen LogP contribution in [0.15, 0.2) is 12.1 Å². The van der Waals surface area contributed by atoms with Crippen LogP contribution in [0.2, 0.25) is 5.02 Å². The lowest BCUT2D eigenvalue weighted by molar-refractivity contribution is 0.103. The van der Waals surface area contributed by atoms with E-state index in [4.69, 9.17) is 21.1 Å². The standard InChI is InChI=1S/C14H19ClO2/c1-4-5-6-14(2)9-10-7-11(16-3)8-12(15)13(10)17-14/h7-8H,4-6,9H2,1-3H3. The minimum absolute atomic E-state index is 0.103. The van der Waals surface area contributed by atoms with Gasteiger partial charge in [-0.25, -0.2) is 0 Å². The maximum Gasteiger partial charge on any atom is 0.142 e. The highest BCUT2D eigenvalue weighted by atomic mass is 35.5. The molecule has 0 aromatic heterocycles. The summed E-state index contributed by atoms with van der Waals surface area (Å²) < 4.78 is 11.3. The van der Waals surface area contributed by atoms with Gasteiger partial charge in [0.05, 0.1) is 12.1 Å². The lowest BCUT2D eigenvalue weighted by Crippen LogP contribution is -2.29. The first-order valence-corrected chi connectivity index (χ1v) is 6.51. The summed E-state index contributed by atoms with van der Waals surface area (Å²) in [6.07, 6.45) is 4.35. The van der Waals surface area contributed by atoms with Crippen LogP contribution in [0.1, 0.15) is 38.7 Å². The van der Waals surface area contributed by atoms with Crippen molar-refractivity contribution in [2.45, 2.75) is 45.1 Å². The quantitative estimate of drug-likeness (QED) is 0.801. The van der Waals surface area contributed by atoms with E-state index in [0.29, 0.717) is 5.02 Å².